The van der Waals surface area contributed by atoms with Crippen molar-refractivity contribution in [3.63, 3.8) is 0 Å². The van der Waals surface area contributed by atoms with Gasteiger partial charge in [0.15, 0.2) is 11.5 Å². The van der Waals surface area contributed by atoms with Crippen molar-refractivity contribution in [1.82, 2.24) is 9.97 Å². The van der Waals surface area contributed by atoms with E-state index in [2.05, 4.69) is 23.8 Å². The van der Waals surface area contributed by atoms with Crippen molar-refractivity contribution in [1.29, 1.82) is 0 Å². The Morgan fingerprint density at radius 2 is 1.90 bits per heavy atom. The molecule has 0 radical (unpaired) electrons. The maximum absolute atomic E-state index is 5.85. The average Bonchev–Trinajstić information content (AvgIpc) is 2.47. The van der Waals surface area contributed by atoms with Crippen molar-refractivity contribution < 1.29 is 9.47 Å². The van der Waals surface area contributed by atoms with E-state index in [9.17, 15) is 0 Å². The van der Waals surface area contributed by atoms with Crippen LogP contribution in [0.1, 0.15) is 36.8 Å². The van der Waals surface area contributed by atoms with E-state index in [0.29, 0.717) is 23.9 Å². The van der Waals surface area contributed by atoms with Crippen molar-refractivity contribution in [2.75, 3.05) is 7.11 Å². The minimum absolute atomic E-state index is 0.244. The zero-order valence-corrected chi connectivity index (χ0v) is 12.9. The molecule has 2 rings (SSSR count). The lowest BCUT2D eigenvalue weighted by Crippen LogP contribution is -2.02. The number of nitrogens with two attached hydrogens (primary N) is 1. The van der Waals surface area contributed by atoms with Crippen molar-refractivity contribution in [3.8, 4) is 17.4 Å². The highest BCUT2D eigenvalue weighted by Crippen LogP contribution is 2.32. The fraction of sp³-hybridized carbons (Fsp3) is 0.375. The standard InChI is InChI=1S/C16H21N3O2/c1-10(2)16-18-11(3)7-15(19-16)21-13-6-5-12(9-17)8-14(13)20-4/h5-8,10H,9,17H2,1-4H3. The molecule has 0 saturated heterocycles. The van der Waals surface area contributed by atoms with Gasteiger partial charge in [-0.2, -0.15) is 4.98 Å². The molecule has 0 amide bonds. The molecule has 2 N–H and O–H groups in total. The van der Waals surface area contributed by atoms with Crippen LogP contribution < -0.4 is 15.2 Å². The summed E-state index contributed by atoms with van der Waals surface area (Å²) in [6, 6.07) is 7.43. The number of benzene rings is 1. The van der Waals surface area contributed by atoms with Crippen LogP contribution in [-0.2, 0) is 6.54 Å². The summed E-state index contributed by atoms with van der Waals surface area (Å²) in [5.41, 5.74) is 7.50. The summed E-state index contributed by atoms with van der Waals surface area (Å²) in [6.07, 6.45) is 0. The molecule has 0 aliphatic heterocycles. The summed E-state index contributed by atoms with van der Waals surface area (Å²) in [6.45, 7) is 6.49. The molecular formula is C16H21N3O2. The minimum Gasteiger partial charge on any atom is -0.493 e. The number of nitrogens with zero attached hydrogens (tertiary/aromatic N) is 2. The van der Waals surface area contributed by atoms with Crippen LogP contribution in [0.2, 0.25) is 0 Å². The van der Waals surface area contributed by atoms with E-state index in [-0.39, 0.29) is 5.92 Å². The molecule has 0 saturated carbocycles. The van der Waals surface area contributed by atoms with Gasteiger partial charge >= 0.3 is 0 Å². The van der Waals surface area contributed by atoms with E-state index in [1.807, 2.05) is 31.2 Å². The maximum Gasteiger partial charge on any atom is 0.222 e. The highest BCUT2D eigenvalue weighted by atomic mass is 16.5. The SMILES string of the molecule is COc1cc(CN)ccc1Oc1cc(C)nc(C(C)C)n1. The Kier molecular flexibility index (Phi) is 4.75. The molecule has 112 valence electrons. The Labute approximate surface area is 125 Å². The van der Waals surface area contributed by atoms with E-state index >= 15 is 0 Å². The first-order chi connectivity index (χ1) is 10.0. The highest BCUT2D eigenvalue weighted by Gasteiger charge is 2.11. The van der Waals surface area contributed by atoms with Gasteiger partial charge in [0.1, 0.15) is 5.82 Å². The summed E-state index contributed by atoms with van der Waals surface area (Å²) in [4.78, 5) is 8.84. The second kappa shape index (κ2) is 6.54. The Morgan fingerprint density at radius 1 is 1.14 bits per heavy atom. The lowest BCUT2D eigenvalue weighted by Gasteiger charge is -2.12. The number of aromatic nitrogens is 2. The normalized spacial score (nSPS) is 10.8. The third kappa shape index (κ3) is 3.70. The molecule has 0 fully saturated rings. The lowest BCUT2D eigenvalue weighted by molar-refractivity contribution is 0.372. The van der Waals surface area contributed by atoms with Crippen molar-refractivity contribution in [2.45, 2.75) is 33.2 Å². The fourth-order valence-corrected chi connectivity index (χ4v) is 1.91. The van der Waals surface area contributed by atoms with Crippen LogP contribution in [0.25, 0.3) is 0 Å². The Morgan fingerprint density at radius 3 is 2.52 bits per heavy atom. The molecule has 1 aromatic carbocycles. The van der Waals surface area contributed by atoms with Gasteiger partial charge in [-0.05, 0) is 24.6 Å². The van der Waals surface area contributed by atoms with E-state index in [0.717, 1.165) is 17.1 Å². The van der Waals surface area contributed by atoms with Crippen LogP contribution in [0.5, 0.6) is 17.4 Å². The first-order valence-electron chi connectivity index (χ1n) is 6.94. The van der Waals surface area contributed by atoms with Gasteiger partial charge in [-0.1, -0.05) is 19.9 Å². The lowest BCUT2D eigenvalue weighted by atomic mass is 10.2. The topological polar surface area (TPSA) is 70.3 Å². The molecular weight excluding hydrogens is 266 g/mol. The summed E-state index contributed by atoms with van der Waals surface area (Å²) in [5.74, 6) is 2.78. The highest BCUT2D eigenvalue weighted by molar-refractivity contribution is 5.44. The van der Waals surface area contributed by atoms with Crippen LogP contribution in [0, 0.1) is 6.92 Å². The number of hydrogen-bond donors (Lipinski definition) is 1. The summed E-state index contributed by atoms with van der Waals surface area (Å²) in [5, 5.41) is 0. The Balaban J connectivity index is 2.33. The first-order valence-corrected chi connectivity index (χ1v) is 6.94. The van der Waals surface area contributed by atoms with E-state index in [4.69, 9.17) is 15.2 Å². The molecule has 0 atom stereocenters. The van der Waals surface area contributed by atoms with Crippen LogP contribution >= 0.6 is 0 Å². The number of ether oxygens (including phenoxy) is 2. The second-order valence-electron chi connectivity index (χ2n) is 5.15. The van der Waals surface area contributed by atoms with E-state index < -0.39 is 0 Å². The average molecular weight is 287 g/mol. The van der Waals surface area contributed by atoms with Crippen molar-refractivity contribution in [3.05, 3.63) is 41.3 Å². The van der Waals surface area contributed by atoms with Gasteiger partial charge in [-0.25, -0.2) is 4.98 Å². The van der Waals surface area contributed by atoms with Crippen LogP contribution in [-0.4, -0.2) is 17.1 Å². The van der Waals surface area contributed by atoms with Gasteiger partial charge < -0.3 is 15.2 Å². The monoisotopic (exact) mass is 287 g/mol. The predicted molar refractivity (Wildman–Crippen MR) is 81.8 cm³/mol. The minimum atomic E-state index is 0.244. The Bertz CT molecular complexity index is 627. The summed E-state index contributed by atoms with van der Waals surface area (Å²) >= 11 is 0. The molecule has 5 nitrogen and oxygen atoms in total. The zero-order chi connectivity index (χ0) is 15.4. The van der Waals surface area contributed by atoms with Crippen LogP contribution in [0.3, 0.4) is 0 Å². The van der Waals surface area contributed by atoms with Crippen molar-refractivity contribution in [2.24, 2.45) is 5.73 Å². The summed E-state index contributed by atoms with van der Waals surface area (Å²) in [7, 11) is 1.60. The van der Waals surface area contributed by atoms with Gasteiger partial charge in [0.25, 0.3) is 0 Å². The fourth-order valence-electron chi connectivity index (χ4n) is 1.91. The molecule has 0 bridgehead atoms. The quantitative estimate of drug-likeness (QED) is 0.914. The van der Waals surface area contributed by atoms with Gasteiger partial charge in [-0.3, -0.25) is 0 Å². The van der Waals surface area contributed by atoms with E-state index in [1.54, 1.807) is 7.11 Å². The van der Waals surface area contributed by atoms with Gasteiger partial charge in [-0.15, -0.1) is 0 Å². The van der Waals surface area contributed by atoms with Gasteiger partial charge in [0.05, 0.1) is 7.11 Å². The first kappa shape index (κ1) is 15.3. The second-order valence-corrected chi connectivity index (χ2v) is 5.15. The predicted octanol–water partition coefficient (Wildman–Crippen LogP) is 3.17. The van der Waals surface area contributed by atoms with E-state index in [1.165, 1.54) is 0 Å². The Hall–Kier alpha value is -2.14. The molecule has 2 aromatic rings. The number of hydrogen-bond acceptors (Lipinski definition) is 5. The maximum atomic E-state index is 5.85. The number of methoxy groups -OCH3 is 1. The molecule has 1 heterocycles. The van der Waals surface area contributed by atoms with Crippen LogP contribution in [0.4, 0.5) is 0 Å². The molecule has 0 aliphatic carbocycles. The van der Waals surface area contributed by atoms with Gasteiger partial charge in [0.2, 0.25) is 5.88 Å². The molecule has 0 spiro atoms. The summed E-state index contributed by atoms with van der Waals surface area (Å²) < 4.78 is 11.2. The molecule has 1 aromatic heterocycles. The number of aryl methyl sites for hydroxylation is 1. The van der Waals surface area contributed by atoms with Gasteiger partial charge in [0, 0.05) is 24.2 Å². The smallest absolute Gasteiger partial charge is 0.222 e. The third-order valence-corrected chi connectivity index (χ3v) is 3.04. The largest absolute Gasteiger partial charge is 0.493 e. The molecule has 0 aliphatic rings. The molecule has 0 unspecified atom stereocenters. The molecule has 21 heavy (non-hydrogen) atoms. The zero-order valence-electron chi connectivity index (χ0n) is 12.9. The number of rotatable bonds is 5. The molecule has 5 heteroatoms. The van der Waals surface area contributed by atoms with Crippen molar-refractivity contribution >= 4 is 0 Å². The van der Waals surface area contributed by atoms with Crippen LogP contribution in [0.15, 0.2) is 24.3 Å². The third-order valence-electron chi connectivity index (χ3n) is 3.04.